The second-order valence-electron chi connectivity index (χ2n) is 8.95. The number of nitrogens with zero attached hydrogens (tertiary/aromatic N) is 2. The molecule has 3 aliphatic rings. The Balaban J connectivity index is 1.56. The second kappa shape index (κ2) is 6.65. The van der Waals surface area contributed by atoms with E-state index in [-0.39, 0.29) is 0 Å². The molecule has 5 heteroatoms. The lowest BCUT2D eigenvalue weighted by Crippen LogP contribution is -2.45. The molecule has 0 radical (unpaired) electrons. The number of benzene rings is 5. The first-order valence-electron chi connectivity index (χ1n) is 11.7. The van der Waals surface area contributed by atoms with Gasteiger partial charge in [-0.15, -0.1) is 0 Å². The largest absolute Gasteiger partial charge is 0.456 e. The lowest BCUT2D eigenvalue weighted by molar-refractivity contribution is 0.485. The minimum Gasteiger partial charge on any atom is -0.456 e. The molecular weight excluding hydrogens is 451 g/mol. The summed E-state index contributed by atoms with van der Waals surface area (Å²) in [5, 5.41) is 2.45. The standard InChI is InChI=1S/C30H19N2O2P/c33-35-28-22-14-7-15-23(28)32(21-12-5-2-6-13-21)25-17-9-19-27(30(25)35)34-26-18-8-16-24(29(26)35)31(22)20-10-3-1-4-11-20/h1-19H. The van der Waals surface area contributed by atoms with Gasteiger partial charge >= 0.3 is 0 Å². The molecule has 0 bridgehead atoms. The molecule has 5 aromatic carbocycles. The van der Waals surface area contributed by atoms with Crippen molar-refractivity contribution in [2.24, 2.45) is 0 Å². The zero-order chi connectivity index (χ0) is 23.1. The van der Waals surface area contributed by atoms with E-state index in [0.717, 1.165) is 50.0 Å². The average molecular weight is 470 g/mol. The monoisotopic (exact) mass is 470 g/mol. The van der Waals surface area contributed by atoms with E-state index in [1.54, 1.807) is 0 Å². The molecule has 0 N–H and O–H groups in total. The van der Waals surface area contributed by atoms with Gasteiger partial charge < -0.3 is 19.1 Å². The van der Waals surface area contributed by atoms with Gasteiger partial charge in [0.2, 0.25) is 0 Å². The molecule has 0 fully saturated rings. The molecule has 0 atom stereocenters. The van der Waals surface area contributed by atoms with Crippen molar-refractivity contribution in [1.82, 2.24) is 0 Å². The summed E-state index contributed by atoms with van der Waals surface area (Å²) in [6.07, 6.45) is 0. The summed E-state index contributed by atoms with van der Waals surface area (Å²) in [6, 6.07) is 38.8. The van der Waals surface area contributed by atoms with Crippen LogP contribution in [0.15, 0.2) is 115 Å². The van der Waals surface area contributed by atoms with Gasteiger partial charge in [-0.3, -0.25) is 0 Å². The van der Waals surface area contributed by atoms with E-state index in [4.69, 9.17) is 4.74 Å². The molecule has 35 heavy (non-hydrogen) atoms. The van der Waals surface area contributed by atoms with Gasteiger partial charge in [-0.1, -0.05) is 54.6 Å². The third kappa shape index (κ3) is 2.30. The van der Waals surface area contributed by atoms with Gasteiger partial charge in [0.15, 0.2) is 7.14 Å². The summed E-state index contributed by atoms with van der Waals surface area (Å²) < 4.78 is 22.1. The summed E-state index contributed by atoms with van der Waals surface area (Å²) in [5.41, 5.74) is 5.77. The molecular formula is C30H19N2O2P. The van der Waals surface area contributed by atoms with Crippen molar-refractivity contribution in [2.45, 2.75) is 0 Å². The first-order valence-corrected chi connectivity index (χ1v) is 13.4. The molecule has 0 saturated carbocycles. The van der Waals surface area contributed by atoms with Crippen molar-refractivity contribution in [3.63, 3.8) is 0 Å². The first-order chi connectivity index (χ1) is 17.3. The Labute approximate surface area is 203 Å². The van der Waals surface area contributed by atoms with E-state index in [1.807, 2.05) is 60.7 Å². The van der Waals surface area contributed by atoms with Crippen molar-refractivity contribution in [3.05, 3.63) is 115 Å². The van der Waals surface area contributed by atoms with Crippen molar-refractivity contribution in [3.8, 4) is 11.5 Å². The molecule has 0 aromatic heterocycles. The van der Waals surface area contributed by atoms with Crippen LogP contribution in [0.2, 0.25) is 0 Å². The smallest absolute Gasteiger partial charge is 0.186 e. The van der Waals surface area contributed by atoms with E-state index < -0.39 is 7.14 Å². The van der Waals surface area contributed by atoms with Crippen LogP contribution >= 0.6 is 7.14 Å². The predicted octanol–water partition coefficient (Wildman–Crippen LogP) is 7.00. The van der Waals surface area contributed by atoms with Crippen LogP contribution in [0.25, 0.3) is 0 Å². The van der Waals surface area contributed by atoms with Crippen molar-refractivity contribution in [2.75, 3.05) is 9.80 Å². The van der Waals surface area contributed by atoms with Crippen LogP contribution in [0.3, 0.4) is 0 Å². The SMILES string of the molecule is O=P12c3c4cccc3N(c3ccccc3)c3cccc(c31)N(c1ccccc1)c1cccc(c12)O4. The number of hydrogen-bond donors (Lipinski definition) is 0. The molecule has 166 valence electrons. The van der Waals surface area contributed by atoms with Crippen LogP contribution in [-0.4, -0.2) is 0 Å². The molecule has 0 amide bonds. The summed E-state index contributed by atoms with van der Waals surface area (Å²) in [7, 11) is -3.21. The Kier molecular flexibility index (Phi) is 3.63. The molecule has 5 aromatic rings. The summed E-state index contributed by atoms with van der Waals surface area (Å²) in [4.78, 5) is 4.44. The summed E-state index contributed by atoms with van der Waals surface area (Å²) >= 11 is 0. The van der Waals surface area contributed by atoms with Crippen LogP contribution in [0.5, 0.6) is 11.5 Å². The first kappa shape index (κ1) is 19.1. The molecule has 8 rings (SSSR count). The van der Waals surface area contributed by atoms with E-state index in [1.165, 1.54) is 0 Å². The molecule has 0 spiro atoms. The third-order valence-electron chi connectivity index (χ3n) is 7.11. The maximum Gasteiger partial charge on any atom is 0.186 e. The summed E-state index contributed by atoms with van der Waals surface area (Å²) in [5.74, 6) is 1.34. The van der Waals surface area contributed by atoms with Crippen LogP contribution in [0.1, 0.15) is 0 Å². The van der Waals surface area contributed by atoms with Gasteiger partial charge in [0.25, 0.3) is 0 Å². The van der Waals surface area contributed by atoms with E-state index in [2.05, 4.69) is 64.4 Å². The number of ether oxygens (including phenoxy) is 1. The highest BCUT2D eigenvalue weighted by Crippen LogP contribution is 2.65. The van der Waals surface area contributed by atoms with Crippen LogP contribution in [0.4, 0.5) is 34.1 Å². The molecule has 4 nitrogen and oxygen atoms in total. The highest BCUT2D eigenvalue weighted by Gasteiger charge is 2.53. The Morgan fingerprint density at radius 3 is 1.31 bits per heavy atom. The van der Waals surface area contributed by atoms with Gasteiger partial charge in [0.1, 0.15) is 11.5 Å². The number of anilines is 6. The lowest BCUT2D eigenvalue weighted by Gasteiger charge is -2.46. The highest BCUT2D eigenvalue weighted by atomic mass is 31.2. The normalized spacial score (nSPS) is 15.3. The minimum atomic E-state index is -3.21. The molecule has 0 unspecified atom stereocenters. The van der Waals surface area contributed by atoms with Gasteiger partial charge in [0.05, 0.1) is 38.7 Å². The van der Waals surface area contributed by atoms with Crippen LogP contribution in [0, 0.1) is 0 Å². The number of rotatable bonds is 2. The zero-order valence-electron chi connectivity index (χ0n) is 18.6. The highest BCUT2D eigenvalue weighted by molar-refractivity contribution is 7.87. The Morgan fingerprint density at radius 1 is 0.457 bits per heavy atom. The van der Waals surface area contributed by atoms with Crippen molar-refractivity contribution >= 4 is 57.2 Å². The van der Waals surface area contributed by atoms with Gasteiger partial charge in [0, 0.05) is 11.4 Å². The molecule has 0 aliphatic carbocycles. The maximum atomic E-state index is 15.6. The third-order valence-corrected chi connectivity index (χ3v) is 10.4. The fourth-order valence-corrected chi connectivity index (χ4v) is 9.33. The summed E-state index contributed by atoms with van der Waals surface area (Å²) in [6.45, 7) is 0. The zero-order valence-corrected chi connectivity index (χ0v) is 19.5. The lowest BCUT2D eigenvalue weighted by atomic mass is 10.1. The van der Waals surface area contributed by atoms with Gasteiger partial charge in [-0.2, -0.15) is 0 Å². The Hall–Kier alpha value is -4.27. The van der Waals surface area contributed by atoms with E-state index in [9.17, 15) is 0 Å². The quantitative estimate of drug-likeness (QED) is 0.255. The minimum absolute atomic E-state index is 0.671. The maximum absolute atomic E-state index is 15.6. The van der Waals surface area contributed by atoms with Crippen molar-refractivity contribution < 1.29 is 9.30 Å². The molecule has 0 saturated heterocycles. The molecule has 3 aliphatic heterocycles. The van der Waals surface area contributed by atoms with Crippen LogP contribution in [-0.2, 0) is 4.57 Å². The fourth-order valence-electron chi connectivity index (χ4n) is 5.81. The van der Waals surface area contributed by atoms with Crippen LogP contribution < -0.4 is 30.5 Å². The predicted molar refractivity (Wildman–Crippen MR) is 142 cm³/mol. The van der Waals surface area contributed by atoms with E-state index in [0.29, 0.717) is 11.5 Å². The Morgan fingerprint density at radius 2 is 0.857 bits per heavy atom. The fraction of sp³-hybridized carbons (Fsp3) is 0. The Bertz CT molecular complexity index is 1600. The second-order valence-corrected chi connectivity index (χ2v) is 11.5. The van der Waals surface area contributed by atoms with Gasteiger partial charge in [-0.05, 0) is 60.7 Å². The van der Waals surface area contributed by atoms with Crippen molar-refractivity contribution in [1.29, 1.82) is 0 Å². The molecule has 3 heterocycles. The van der Waals surface area contributed by atoms with Gasteiger partial charge in [-0.25, -0.2) is 0 Å². The number of para-hydroxylation sites is 2. The average Bonchev–Trinajstić information content (AvgIpc) is 2.90. The number of hydrogen-bond acceptors (Lipinski definition) is 4. The topological polar surface area (TPSA) is 32.8 Å². The van der Waals surface area contributed by atoms with E-state index >= 15 is 4.57 Å².